The van der Waals surface area contributed by atoms with Crippen LogP contribution >= 0.6 is 0 Å². The van der Waals surface area contributed by atoms with Crippen molar-refractivity contribution >= 4 is 17.5 Å². The molecule has 8 heteroatoms. The maximum Gasteiger partial charge on any atom is 0.242 e. The minimum absolute atomic E-state index is 0.267. The van der Waals surface area contributed by atoms with Crippen LogP contribution in [0.1, 0.15) is 11.4 Å². The quantitative estimate of drug-likeness (QED) is 0.477. The number of hydrogen-bond donors (Lipinski definition) is 3. The highest BCUT2D eigenvalue weighted by molar-refractivity contribution is 5.84. The number of hydrazine groups is 1. The number of hydrogen-bond acceptors (Lipinski definition) is 7. The standard InChI is InChI=1S/C11H18N6O2/c1-6-10(16-13)14-7(2)15-11(6)17-3-4-19-5-8(17)9(12)18/h8H,3-5,13H2,1-2H3,(H2,12,18)(H,14,15,16). The highest BCUT2D eigenvalue weighted by atomic mass is 16.5. The number of rotatable bonds is 3. The zero-order valence-electron chi connectivity index (χ0n) is 11.0. The first-order chi connectivity index (χ1) is 9.04. The van der Waals surface area contributed by atoms with E-state index in [0.717, 1.165) is 5.56 Å². The molecular weight excluding hydrogens is 248 g/mol. The fourth-order valence-electron chi connectivity index (χ4n) is 2.13. The summed E-state index contributed by atoms with van der Waals surface area (Å²) in [6.07, 6.45) is 0. The van der Waals surface area contributed by atoms with Crippen molar-refractivity contribution in [2.24, 2.45) is 11.6 Å². The molecule has 1 aliphatic rings. The van der Waals surface area contributed by atoms with Crippen molar-refractivity contribution in [3.63, 3.8) is 0 Å². The number of anilines is 2. The van der Waals surface area contributed by atoms with Crippen molar-refractivity contribution in [1.29, 1.82) is 0 Å². The smallest absolute Gasteiger partial charge is 0.242 e. The summed E-state index contributed by atoms with van der Waals surface area (Å²) in [4.78, 5) is 21.9. The fraction of sp³-hybridized carbons (Fsp3) is 0.545. The van der Waals surface area contributed by atoms with Gasteiger partial charge < -0.3 is 20.8 Å². The van der Waals surface area contributed by atoms with Gasteiger partial charge in [-0.05, 0) is 13.8 Å². The van der Waals surface area contributed by atoms with Gasteiger partial charge in [-0.25, -0.2) is 15.8 Å². The summed E-state index contributed by atoms with van der Waals surface area (Å²) in [5, 5.41) is 0. The van der Waals surface area contributed by atoms with Crippen LogP contribution in [0.4, 0.5) is 11.6 Å². The number of ether oxygens (including phenoxy) is 1. The van der Waals surface area contributed by atoms with Gasteiger partial charge in [0.05, 0.1) is 13.2 Å². The molecule has 0 bridgehead atoms. The van der Waals surface area contributed by atoms with Crippen LogP contribution in [0.2, 0.25) is 0 Å². The molecule has 8 nitrogen and oxygen atoms in total. The van der Waals surface area contributed by atoms with Crippen LogP contribution in [0.3, 0.4) is 0 Å². The zero-order chi connectivity index (χ0) is 14.0. The molecule has 0 spiro atoms. The summed E-state index contributed by atoms with van der Waals surface area (Å²) in [5.74, 6) is 6.78. The molecule has 1 fully saturated rings. The molecular formula is C11H18N6O2. The van der Waals surface area contributed by atoms with Crippen molar-refractivity contribution < 1.29 is 9.53 Å². The summed E-state index contributed by atoms with van der Waals surface area (Å²) >= 11 is 0. The lowest BCUT2D eigenvalue weighted by Gasteiger charge is -2.35. The summed E-state index contributed by atoms with van der Waals surface area (Å²) < 4.78 is 5.30. The Kier molecular flexibility index (Phi) is 3.82. The molecule has 1 unspecified atom stereocenters. The summed E-state index contributed by atoms with van der Waals surface area (Å²) in [7, 11) is 0. The van der Waals surface area contributed by atoms with Crippen molar-refractivity contribution in [3.8, 4) is 0 Å². The average molecular weight is 266 g/mol. The molecule has 0 aliphatic carbocycles. The number of nitrogens with two attached hydrogens (primary N) is 2. The second-order valence-electron chi connectivity index (χ2n) is 4.40. The molecule has 0 saturated carbocycles. The number of aromatic nitrogens is 2. The van der Waals surface area contributed by atoms with E-state index in [1.807, 2.05) is 11.8 Å². The molecule has 2 heterocycles. The Labute approximate surface area is 111 Å². The first-order valence-corrected chi connectivity index (χ1v) is 6.00. The maximum atomic E-state index is 11.5. The van der Waals surface area contributed by atoms with E-state index in [9.17, 15) is 4.79 Å². The van der Waals surface area contributed by atoms with Crippen LogP contribution in [0, 0.1) is 13.8 Å². The summed E-state index contributed by atoms with van der Waals surface area (Å²) in [5.41, 5.74) is 8.72. The summed E-state index contributed by atoms with van der Waals surface area (Å²) in [6.45, 7) is 4.96. The van der Waals surface area contributed by atoms with Crippen LogP contribution < -0.4 is 21.9 Å². The molecule has 0 aromatic carbocycles. The number of carbonyl (C=O) groups is 1. The SMILES string of the molecule is Cc1nc(NN)c(C)c(N2CCOCC2C(N)=O)n1. The highest BCUT2D eigenvalue weighted by Gasteiger charge is 2.30. The lowest BCUT2D eigenvalue weighted by molar-refractivity contribution is -0.121. The number of carbonyl (C=O) groups excluding carboxylic acids is 1. The van der Waals surface area contributed by atoms with Crippen LogP contribution in [-0.2, 0) is 9.53 Å². The van der Waals surface area contributed by atoms with Crippen molar-refractivity contribution in [2.75, 3.05) is 30.1 Å². The van der Waals surface area contributed by atoms with Crippen molar-refractivity contribution in [2.45, 2.75) is 19.9 Å². The molecule has 0 radical (unpaired) electrons. The Morgan fingerprint density at radius 3 is 2.84 bits per heavy atom. The minimum Gasteiger partial charge on any atom is -0.377 e. The Morgan fingerprint density at radius 2 is 2.21 bits per heavy atom. The predicted octanol–water partition coefficient (Wildman–Crippen LogP) is -0.930. The Balaban J connectivity index is 2.44. The van der Waals surface area contributed by atoms with E-state index in [1.54, 1.807) is 6.92 Å². The van der Waals surface area contributed by atoms with E-state index in [1.165, 1.54) is 0 Å². The van der Waals surface area contributed by atoms with Crippen molar-refractivity contribution in [1.82, 2.24) is 9.97 Å². The van der Waals surface area contributed by atoms with E-state index in [4.69, 9.17) is 16.3 Å². The van der Waals surface area contributed by atoms with Gasteiger partial charge in [-0.2, -0.15) is 0 Å². The molecule has 1 atom stereocenters. The van der Waals surface area contributed by atoms with Gasteiger partial charge in [0.1, 0.15) is 23.5 Å². The zero-order valence-corrected chi connectivity index (χ0v) is 11.0. The van der Waals surface area contributed by atoms with Gasteiger partial charge in [0.25, 0.3) is 0 Å². The molecule has 1 aliphatic heterocycles. The third-order valence-corrected chi connectivity index (χ3v) is 3.10. The van der Waals surface area contributed by atoms with E-state index >= 15 is 0 Å². The third-order valence-electron chi connectivity index (χ3n) is 3.10. The molecule has 104 valence electrons. The average Bonchev–Trinajstić information content (AvgIpc) is 2.41. The number of morpholine rings is 1. The van der Waals surface area contributed by atoms with Crippen LogP contribution in [0.5, 0.6) is 0 Å². The Morgan fingerprint density at radius 1 is 1.47 bits per heavy atom. The van der Waals surface area contributed by atoms with Gasteiger partial charge in [0, 0.05) is 12.1 Å². The van der Waals surface area contributed by atoms with E-state index < -0.39 is 11.9 Å². The highest BCUT2D eigenvalue weighted by Crippen LogP contribution is 2.25. The van der Waals surface area contributed by atoms with Gasteiger partial charge in [0.15, 0.2) is 0 Å². The van der Waals surface area contributed by atoms with E-state index in [0.29, 0.717) is 30.6 Å². The maximum absolute atomic E-state index is 11.5. The van der Waals surface area contributed by atoms with Gasteiger partial charge in [-0.3, -0.25) is 4.79 Å². The van der Waals surface area contributed by atoms with Crippen molar-refractivity contribution in [3.05, 3.63) is 11.4 Å². The number of amides is 1. The number of nitrogens with zero attached hydrogens (tertiary/aromatic N) is 3. The lowest BCUT2D eigenvalue weighted by atomic mass is 10.2. The molecule has 1 aromatic heterocycles. The number of nitrogens with one attached hydrogen (secondary N) is 1. The van der Waals surface area contributed by atoms with E-state index in [-0.39, 0.29) is 6.61 Å². The van der Waals surface area contributed by atoms with Gasteiger partial charge in [-0.15, -0.1) is 0 Å². The van der Waals surface area contributed by atoms with Crippen LogP contribution in [-0.4, -0.2) is 41.7 Å². The van der Waals surface area contributed by atoms with Gasteiger partial charge >= 0.3 is 0 Å². The molecule has 1 amide bonds. The van der Waals surface area contributed by atoms with E-state index in [2.05, 4.69) is 15.4 Å². The largest absolute Gasteiger partial charge is 0.377 e. The molecule has 2 rings (SSSR count). The summed E-state index contributed by atoms with van der Waals surface area (Å²) in [6, 6.07) is -0.521. The van der Waals surface area contributed by atoms with Gasteiger partial charge in [-0.1, -0.05) is 0 Å². The minimum atomic E-state index is -0.521. The van der Waals surface area contributed by atoms with Gasteiger partial charge in [0.2, 0.25) is 5.91 Å². The second-order valence-corrected chi connectivity index (χ2v) is 4.40. The Hall–Kier alpha value is -1.93. The normalized spacial score (nSPS) is 19.3. The van der Waals surface area contributed by atoms with Crippen LogP contribution in [0.25, 0.3) is 0 Å². The predicted molar refractivity (Wildman–Crippen MR) is 70.5 cm³/mol. The molecule has 19 heavy (non-hydrogen) atoms. The first kappa shape index (κ1) is 13.5. The first-order valence-electron chi connectivity index (χ1n) is 6.00. The topological polar surface area (TPSA) is 119 Å². The number of aryl methyl sites for hydroxylation is 1. The molecule has 1 saturated heterocycles. The monoisotopic (exact) mass is 266 g/mol. The number of primary amides is 1. The lowest BCUT2D eigenvalue weighted by Crippen LogP contribution is -2.53. The molecule has 5 N–H and O–H groups in total. The van der Waals surface area contributed by atoms with Crippen LogP contribution in [0.15, 0.2) is 0 Å². The number of nitrogen functional groups attached to an aromatic ring is 1. The fourth-order valence-corrected chi connectivity index (χ4v) is 2.13. The third kappa shape index (κ3) is 2.59. The Bertz CT molecular complexity index is 492. The molecule has 1 aromatic rings. The second kappa shape index (κ2) is 5.37.